The highest BCUT2D eigenvalue weighted by Crippen LogP contribution is 2.31. The van der Waals surface area contributed by atoms with E-state index in [1.54, 1.807) is 0 Å². The van der Waals surface area contributed by atoms with E-state index in [2.05, 4.69) is 39.9 Å². The lowest BCUT2D eigenvalue weighted by Gasteiger charge is -2.36. The van der Waals surface area contributed by atoms with Gasteiger partial charge in [-0.2, -0.15) is 0 Å². The molecule has 3 rings (SSSR count). The van der Waals surface area contributed by atoms with Crippen LogP contribution in [-0.2, 0) is 11.3 Å². The van der Waals surface area contributed by atoms with Gasteiger partial charge in [0.2, 0.25) is 5.91 Å². The minimum atomic E-state index is -0.277. The molecule has 0 spiro atoms. The molecule has 19 heavy (non-hydrogen) atoms. The summed E-state index contributed by atoms with van der Waals surface area (Å²) in [5.41, 5.74) is 7.79. The second-order valence-corrected chi connectivity index (χ2v) is 4.88. The standard InChI is InChI=1S/C15H17N3O/c16-14(19)11-18-10-9-17-8-4-7-13(17)15(18)12-5-2-1-3-6-12/h1-8,15H,9-11H2,(H2,16,19)/t15-/m0/s1. The quantitative estimate of drug-likeness (QED) is 0.900. The van der Waals surface area contributed by atoms with Crippen molar-refractivity contribution >= 4 is 5.91 Å². The summed E-state index contributed by atoms with van der Waals surface area (Å²) < 4.78 is 2.25. The smallest absolute Gasteiger partial charge is 0.231 e. The Labute approximate surface area is 112 Å². The van der Waals surface area contributed by atoms with Crippen molar-refractivity contribution in [2.45, 2.75) is 12.6 Å². The summed E-state index contributed by atoms with van der Waals surface area (Å²) in [5, 5.41) is 0. The van der Waals surface area contributed by atoms with Crippen molar-refractivity contribution in [3.8, 4) is 0 Å². The number of rotatable bonds is 3. The number of hydrogen-bond donors (Lipinski definition) is 1. The summed E-state index contributed by atoms with van der Waals surface area (Å²) in [5.74, 6) is -0.277. The van der Waals surface area contributed by atoms with Gasteiger partial charge >= 0.3 is 0 Å². The summed E-state index contributed by atoms with van der Waals surface area (Å²) in [6.45, 7) is 2.04. The Bertz CT molecular complexity index is 576. The number of fused-ring (bicyclic) bond motifs is 1. The number of carbonyl (C=O) groups excluding carboxylic acids is 1. The van der Waals surface area contributed by atoms with E-state index in [9.17, 15) is 4.79 Å². The molecule has 1 aromatic heterocycles. The molecule has 1 aliphatic heterocycles. The van der Waals surface area contributed by atoms with Crippen LogP contribution in [0.5, 0.6) is 0 Å². The topological polar surface area (TPSA) is 51.3 Å². The summed E-state index contributed by atoms with van der Waals surface area (Å²) in [4.78, 5) is 13.4. The van der Waals surface area contributed by atoms with Gasteiger partial charge in [-0.3, -0.25) is 9.69 Å². The van der Waals surface area contributed by atoms with E-state index in [-0.39, 0.29) is 11.9 Å². The van der Waals surface area contributed by atoms with Crippen LogP contribution >= 0.6 is 0 Å². The SMILES string of the molecule is NC(=O)CN1CCn2cccc2[C@@H]1c1ccccc1. The molecule has 4 heteroatoms. The van der Waals surface area contributed by atoms with E-state index in [1.165, 1.54) is 11.3 Å². The van der Waals surface area contributed by atoms with Gasteiger partial charge in [0.1, 0.15) is 0 Å². The molecule has 1 atom stereocenters. The minimum absolute atomic E-state index is 0.109. The van der Waals surface area contributed by atoms with Crippen molar-refractivity contribution < 1.29 is 4.79 Å². The highest BCUT2D eigenvalue weighted by atomic mass is 16.1. The molecule has 1 aliphatic rings. The number of amides is 1. The molecule has 1 amide bonds. The van der Waals surface area contributed by atoms with Gasteiger partial charge < -0.3 is 10.3 Å². The summed E-state index contributed by atoms with van der Waals surface area (Å²) in [7, 11) is 0. The normalized spacial score (nSPS) is 19.1. The number of carbonyl (C=O) groups is 1. The third-order valence-electron chi connectivity index (χ3n) is 3.61. The fourth-order valence-corrected chi connectivity index (χ4v) is 2.82. The van der Waals surface area contributed by atoms with Gasteiger partial charge in [-0.05, 0) is 17.7 Å². The Kier molecular flexibility index (Phi) is 3.09. The molecule has 2 N–H and O–H groups in total. The van der Waals surface area contributed by atoms with Crippen LogP contribution in [0.2, 0.25) is 0 Å². The predicted octanol–water partition coefficient (Wildman–Crippen LogP) is 1.38. The van der Waals surface area contributed by atoms with E-state index >= 15 is 0 Å². The summed E-state index contributed by atoms with van der Waals surface area (Å²) in [6.07, 6.45) is 2.09. The Morgan fingerprint density at radius 1 is 1.16 bits per heavy atom. The first-order chi connectivity index (χ1) is 9.25. The lowest BCUT2D eigenvalue weighted by atomic mass is 10.00. The fourth-order valence-electron chi connectivity index (χ4n) is 2.82. The summed E-state index contributed by atoms with van der Waals surface area (Å²) in [6, 6.07) is 14.5. The van der Waals surface area contributed by atoms with E-state index in [1.807, 2.05) is 18.2 Å². The average Bonchev–Trinajstić information content (AvgIpc) is 2.87. The van der Waals surface area contributed by atoms with Gasteiger partial charge in [-0.25, -0.2) is 0 Å². The second kappa shape index (κ2) is 4.90. The van der Waals surface area contributed by atoms with Crippen LogP contribution < -0.4 is 5.73 Å². The molecule has 0 bridgehead atoms. The first kappa shape index (κ1) is 12.0. The van der Waals surface area contributed by atoms with Crippen LogP contribution in [0.4, 0.5) is 0 Å². The molecule has 2 heterocycles. The molecule has 0 saturated carbocycles. The molecular formula is C15H17N3O. The molecule has 0 saturated heterocycles. The first-order valence-electron chi connectivity index (χ1n) is 6.48. The molecular weight excluding hydrogens is 238 g/mol. The van der Waals surface area contributed by atoms with Crippen LogP contribution in [0.3, 0.4) is 0 Å². The fraction of sp³-hybridized carbons (Fsp3) is 0.267. The Morgan fingerprint density at radius 3 is 2.68 bits per heavy atom. The van der Waals surface area contributed by atoms with Crippen molar-refractivity contribution in [2.75, 3.05) is 13.1 Å². The predicted molar refractivity (Wildman–Crippen MR) is 73.5 cm³/mol. The molecule has 0 radical (unpaired) electrons. The van der Waals surface area contributed by atoms with Crippen LogP contribution in [-0.4, -0.2) is 28.5 Å². The number of hydrogen-bond acceptors (Lipinski definition) is 2. The zero-order valence-electron chi connectivity index (χ0n) is 10.7. The van der Waals surface area contributed by atoms with E-state index in [0.717, 1.165) is 13.1 Å². The number of primary amides is 1. The summed E-state index contributed by atoms with van der Waals surface area (Å²) >= 11 is 0. The highest BCUT2D eigenvalue weighted by molar-refractivity contribution is 5.76. The van der Waals surface area contributed by atoms with Crippen molar-refractivity contribution in [3.63, 3.8) is 0 Å². The zero-order valence-corrected chi connectivity index (χ0v) is 10.7. The Balaban J connectivity index is 2.02. The largest absolute Gasteiger partial charge is 0.369 e. The third-order valence-corrected chi connectivity index (χ3v) is 3.61. The highest BCUT2D eigenvalue weighted by Gasteiger charge is 2.29. The molecule has 4 nitrogen and oxygen atoms in total. The monoisotopic (exact) mass is 255 g/mol. The van der Waals surface area contributed by atoms with Crippen molar-refractivity contribution in [3.05, 3.63) is 59.9 Å². The number of benzene rings is 1. The van der Waals surface area contributed by atoms with Crippen LogP contribution in [0.1, 0.15) is 17.3 Å². The minimum Gasteiger partial charge on any atom is -0.369 e. The van der Waals surface area contributed by atoms with E-state index in [0.29, 0.717) is 6.54 Å². The maximum atomic E-state index is 11.3. The molecule has 2 aromatic rings. The van der Waals surface area contributed by atoms with Gasteiger partial charge in [-0.15, -0.1) is 0 Å². The van der Waals surface area contributed by atoms with Crippen molar-refractivity contribution in [1.82, 2.24) is 9.47 Å². The molecule has 1 aromatic carbocycles. The van der Waals surface area contributed by atoms with Gasteiger partial charge in [-0.1, -0.05) is 30.3 Å². The molecule has 98 valence electrons. The third kappa shape index (κ3) is 2.27. The van der Waals surface area contributed by atoms with E-state index in [4.69, 9.17) is 5.73 Å². The lowest BCUT2D eigenvalue weighted by molar-refractivity contribution is -0.119. The molecule has 0 aliphatic carbocycles. The number of nitrogens with two attached hydrogens (primary N) is 1. The lowest BCUT2D eigenvalue weighted by Crippen LogP contribution is -2.42. The van der Waals surface area contributed by atoms with Gasteiger partial charge in [0.05, 0.1) is 12.6 Å². The zero-order chi connectivity index (χ0) is 13.2. The number of aromatic nitrogens is 1. The van der Waals surface area contributed by atoms with Crippen LogP contribution in [0, 0.1) is 0 Å². The van der Waals surface area contributed by atoms with Gasteiger partial charge in [0, 0.05) is 25.0 Å². The average molecular weight is 255 g/mol. The van der Waals surface area contributed by atoms with Gasteiger partial charge in [0.15, 0.2) is 0 Å². The van der Waals surface area contributed by atoms with Crippen LogP contribution in [0.25, 0.3) is 0 Å². The Hall–Kier alpha value is -2.07. The van der Waals surface area contributed by atoms with Crippen molar-refractivity contribution in [2.24, 2.45) is 5.73 Å². The first-order valence-corrected chi connectivity index (χ1v) is 6.48. The van der Waals surface area contributed by atoms with E-state index < -0.39 is 0 Å². The maximum Gasteiger partial charge on any atom is 0.231 e. The number of nitrogens with zero attached hydrogens (tertiary/aromatic N) is 2. The second-order valence-electron chi connectivity index (χ2n) is 4.88. The molecule has 0 fully saturated rings. The van der Waals surface area contributed by atoms with Gasteiger partial charge in [0.25, 0.3) is 0 Å². The van der Waals surface area contributed by atoms with Crippen LogP contribution in [0.15, 0.2) is 48.7 Å². The Morgan fingerprint density at radius 2 is 1.95 bits per heavy atom. The van der Waals surface area contributed by atoms with Crippen molar-refractivity contribution in [1.29, 1.82) is 0 Å². The molecule has 0 unspecified atom stereocenters. The maximum absolute atomic E-state index is 11.3.